The number of benzene rings is 1. The quantitative estimate of drug-likeness (QED) is 0.915. The second-order valence-electron chi connectivity index (χ2n) is 4.93. The van der Waals surface area contributed by atoms with Gasteiger partial charge in [-0.15, -0.1) is 0 Å². The summed E-state index contributed by atoms with van der Waals surface area (Å²) in [5.41, 5.74) is 0. The Labute approximate surface area is 124 Å². The number of hydrogen-bond donors (Lipinski definition) is 1. The third-order valence-electron chi connectivity index (χ3n) is 3.49. The summed E-state index contributed by atoms with van der Waals surface area (Å²) in [6.45, 7) is 0.503. The van der Waals surface area contributed by atoms with Crippen molar-refractivity contribution in [3.63, 3.8) is 0 Å². The fourth-order valence-corrected chi connectivity index (χ4v) is 3.85. The van der Waals surface area contributed by atoms with Crippen molar-refractivity contribution in [1.29, 1.82) is 0 Å². The molecule has 6 heteroatoms. The van der Waals surface area contributed by atoms with Crippen molar-refractivity contribution in [2.24, 2.45) is 5.92 Å². The largest absolute Gasteiger partial charge is 0.240 e. The fraction of sp³-hybridized carbons (Fsp3) is 0.538. The molecule has 106 valence electrons. The fourth-order valence-electron chi connectivity index (χ4n) is 2.35. The first-order valence-corrected chi connectivity index (χ1v) is 8.67. The smallest absolute Gasteiger partial charge is 0.211 e. The molecule has 1 saturated carbocycles. The molecule has 1 fully saturated rings. The molecule has 0 atom stereocenters. The van der Waals surface area contributed by atoms with Crippen LogP contribution in [0.25, 0.3) is 0 Å². The lowest BCUT2D eigenvalue weighted by Crippen LogP contribution is -2.30. The van der Waals surface area contributed by atoms with Gasteiger partial charge in [-0.3, -0.25) is 0 Å². The highest BCUT2D eigenvalue weighted by Crippen LogP contribution is 2.26. The molecule has 1 N–H and O–H groups in total. The summed E-state index contributed by atoms with van der Waals surface area (Å²) in [7, 11) is -3.49. The summed E-state index contributed by atoms with van der Waals surface area (Å²) in [6, 6.07) is 4.35. The second kappa shape index (κ2) is 6.44. The molecule has 1 aromatic carbocycles. The summed E-state index contributed by atoms with van der Waals surface area (Å²) in [4.78, 5) is 0.165. The molecule has 0 heterocycles. The van der Waals surface area contributed by atoms with Gasteiger partial charge >= 0.3 is 0 Å². The molecule has 0 bridgehead atoms. The van der Waals surface area contributed by atoms with Crippen LogP contribution in [-0.4, -0.2) is 15.0 Å². The zero-order chi connectivity index (χ0) is 13.9. The van der Waals surface area contributed by atoms with Crippen LogP contribution in [0.4, 0.5) is 0 Å². The lowest BCUT2D eigenvalue weighted by atomic mass is 9.90. The molecule has 0 saturated heterocycles. The number of nitrogens with one attached hydrogen (secondary N) is 1. The van der Waals surface area contributed by atoms with Crippen molar-refractivity contribution >= 4 is 33.2 Å². The maximum absolute atomic E-state index is 12.1. The number of hydrogen-bond acceptors (Lipinski definition) is 2. The molecule has 0 aliphatic heterocycles. The zero-order valence-corrected chi connectivity index (χ0v) is 12.9. The number of sulfonamides is 1. The molecular formula is C13H17Cl2NO2S. The number of rotatable bonds is 4. The van der Waals surface area contributed by atoms with Crippen molar-refractivity contribution in [2.75, 3.05) is 6.54 Å². The van der Waals surface area contributed by atoms with Crippen LogP contribution in [0.2, 0.25) is 10.0 Å². The Morgan fingerprint density at radius 1 is 1.11 bits per heavy atom. The molecule has 1 aliphatic rings. The van der Waals surface area contributed by atoms with Gasteiger partial charge in [-0.25, -0.2) is 13.1 Å². The van der Waals surface area contributed by atoms with Crippen LogP contribution in [0.1, 0.15) is 32.1 Å². The van der Waals surface area contributed by atoms with Crippen LogP contribution in [-0.2, 0) is 10.0 Å². The first-order chi connectivity index (χ1) is 8.99. The topological polar surface area (TPSA) is 46.2 Å². The predicted octanol–water partition coefficient (Wildman–Crippen LogP) is 3.85. The van der Waals surface area contributed by atoms with E-state index in [9.17, 15) is 8.42 Å². The van der Waals surface area contributed by atoms with Crippen LogP contribution < -0.4 is 4.72 Å². The second-order valence-corrected chi connectivity index (χ2v) is 7.51. The normalized spacial score (nSPS) is 17.6. The van der Waals surface area contributed by atoms with E-state index in [4.69, 9.17) is 23.2 Å². The first-order valence-electron chi connectivity index (χ1n) is 6.44. The monoisotopic (exact) mass is 321 g/mol. The minimum absolute atomic E-state index is 0.165. The van der Waals surface area contributed by atoms with Gasteiger partial charge in [0.2, 0.25) is 10.0 Å². The lowest BCUT2D eigenvalue weighted by Gasteiger charge is -2.21. The highest BCUT2D eigenvalue weighted by molar-refractivity contribution is 7.89. The molecule has 0 unspecified atom stereocenters. The van der Waals surface area contributed by atoms with Crippen molar-refractivity contribution in [1.82, 2.24) is 4.72 Å². The van der Waals surface area contributed by atoms with Crippen molar-refractivity contribution < 1.29 is 8.42 Å². The van der Waals surface area contributed by atoms with E-state index in [1.54, 1.807) is 0 Å². The highest BCUT2D eigenvalue weighted by atomic mass is 35.5. The lowest BCUT2D eigenvalue weighted by molar-refractivity contribution is 0.357. The summed E-state index contributed by atoms with van der Waals surface area (Å²) >= 11 is 11.6. The first kappa shape index (κ1) is 15.1. The van der Waals surface area contributed by atoms with Crippen LogP contribution in [0.5, 0.6) is 0 Å². The maximum atomic E-state index is 12.1. The molecule has 0 amide bonds. The van der Waals surface area contributed by atoms with E-state index < -0.39 is 10.0 Å². The molecule has 1 aliphatic carbocycles. The summed E-state index contributed by atoms with van der Waals surface area (Å²) in [5.74, 6) is 0.450. The van der Waals surface area contributed by atoms with Crippen molar-refractivity contribution in [3.8, 4) is 0 Å². The summed E-state index contributed by atoms with van der Waals surface area (Å²) in [5, 5.41) is 0.607. The Balaban J connectivity index is 2.02. The number of halogens is 2. The minimum Gasteiger partial charge on any atom is -0.211 e. The third kappa shape index (κ3) is 4.09. The van der Waals surface area contributed by atoms with Gasteiger partial charge in [-0.2, -0.15) is 0 Å². The molecular weight excluding hydrogens is 305 g/mol. The van der Waals surface area contributed by atoms with Gasteiger partial charge in [0.15, 0.2) is 0 Å². The molecule has 2 rings (SSSR count). The minimum atomic E-state index is -3.49. The van der Waals surface area contributed by atoms with Gasteiger partial charge in [0, 0.05) is 6.54 Å². The average molecular weight is 322 g/mol. The summed E-state index contributed by atoms with van der Waals surface area (Å²) < 4.78 is 26.9. The van der Waals surface area contributed by atoms with Crippen LogP contribution in [0, 0.1) is 5.92 Å². The Bertz CT molecular complexity index is 540. The molecule has 3 nitrogen and oxygen atoms in total. The van der Waals surface area contributed by atoms with Gasteiger partial charge in [-0.05, 0) is 37.0 Å². The van der Waals surface area contributed by atoms with E-state index in [1.165, 1.54) is 37.5 Å². The Morgan fingerprint density at radius 2 is 1.79 bits per heavy atom. The Hall–Kier alpha value is -0.290. The van der Waals surface area contributed by atoms with Gasteiger partial charge in [0.1, 0.15) is 0 Å². The van der Waals surface area contributed by atoms with E-state index in [-0.39, 0.29) is 9.92 Å². The predicted molar refractivity (Wildman–Crippen MR) is 78.2 cm³/mol. The molecule has 19 heavy (non-hydrogen) atoms. The summed E-state index contributed by atoms with van der Waals surface area (Å²) in [6.07, 6.45) is 5.85. The Kier molecular flexibility index (Phi) is 5.12. The van der Waals surface area contributed by atoms with Crippen molar-refractivity contribution in [2.45, 2.75) is 37.0 Å². The van der Waals surface area contributed by atoms with Crippen LogP contribution in [0.15, 0.2) is 23.1 Å². The van der Waals surface area contributed by atoms with Crippen LogP contribution >= 0.6 is 23.2 Å². The molecule has 0 spiro atoms. The van der Waals surface area contributed by atoms with E-state index in [2.05, 4.69) is 4.72 Å². The van der Waals surface area contributed by atoms with E-state index in [1.807, 2.05) is 0 Å². The van der Waals surface area contributed by atoms with Gasteiger partial charge < -0.3 is 0 Å². The van der Waals surface area contributed by atoms with Gasteiger partial charge in [0.25, 0.3) is 0 Å². The average Bonchev–Trinajstić information content (AvgIpc) is 2.41. The van der Waals surface area contributed by atoms with E-state index in [0.717, 1.165) is 12.8 Å². The standard InChI is InChI=1S/C13H17Cl2NO2S/c14-12-7-6-11(8-13(12)15)19(17,18)16-9-10-4-2-1-3-5-10/h6-8,10,16H,1-5,9H2. The van der Waals surface area contributed by atoms with Gasteiger partial charge in [0.05, 0.1) is 14.9 Å². The van der Waals surface area contributed by atoms with Crippen LogP contribution in [0.3, 0.4) is 0 Å². The highest BCUT2D eigenvalue weighted by Gasteiger charge is 2.19. The Morgan fingerprint density at radius 3 is 2.42 bits per heavy atom. The van der Waals surface area contributed by atoms with E-state index >= 15 is 0 Å². The zero-order valence-electron chi connectivity index (χ0n) is 10.5. The third-order valence-corrected chi connectivity index (χ3v) is 5.65. The van der Waals surface area contributed by atoms with E-state index in [0.29, 0.717) is 17.5 Å². The SMILES string of the molecule is O=S(=O)(NCC1CCCCC1)c1ccc(Cl)c(Cl)c1. The molecule has 1 aromatic rings. The van der Waals surface area contributed by atoms with Crippen molar-refractivity contribution in [3.05, 3.63) is 28.2 Å². The molecule has 0 aromatic heterocycles. The molecule has 0 radical (unpaired) electrons. The maximum Gasteiger partial charge on any atom is 0.240 e. The van der Waals surface area contributed by atoms with Gasteiger partial charge in [-0.1, -0.05) is 42.5 Å².